The van der Waals surface area contributed by atoms with E-state index in [9.17, 15) is 4.79 Å². The molecule has 0 radical (unpaired) electrons. The first-order valence-electron chi connectivity index (χ1n) is 9.80. The summed E-state index contributed by atoms with van der Waals surface area (Å²) in [6, 6.07) is 9.05. The molecule has 0 bridgehead atoms. The Labute approximate surface area is 166 Å². The Morgan fingerprint density at radius 1 is 1.22 bits per heavy atom. The molecular weight excluding hydrogens is 354 g/mol. The Morgan fingerprint density at radius 3 is 2.67 bits per heavy atom. The lowest BCUT2D eigenvalue weighted by atomic mass is 9.72. The number of hydrogen-bond donors (Lipinski definition) is 0. The third-order valence-corrected chi connectivity index (χ3v) is 7.05. The molecule has 0 unspecified atom stereocenters. The first kappa shape index (κ1) is 18.5. The molecular formula is C22H29N3OS. The SMILES string of the molecule is Cc1ccc2cc(N3CCC4(CC3)CN(C(=O)/C=C/CN(C)C)C4)sc2c1. The number of piperidine rings is 1. The van der Waals surface area contributed by atoms with E-state index in [1.165, 1.54) is 33.5 Å². The number of anilines is 1. The van der Waals surface area contributed by atoms with Gasteiger partial charge < -0.3 is 14.7 Å². The van der Waals surface area contributed by atoms with Crippen molar-refractivity contribution in [3.63, 3.8) is 0 Å². The van der Waals surface area contributed by atoms with Gasteiger partial charge in [0.25, 0.3) is 0 Å². The third kappa shape index (κ3) is 3.90. The van der Waals surface area contributed by atoms with Crippen LogP contribution in [-0.4, -0.2) is 62.5 Å². The summed E-state index contributed by atoms with van der Waals surface area (Å²) in [5, 5.41) is 2.75. The number of fused-ring (bicyclic) bond motifs is 1. The number of carbonyl (C=O) groups is 1. The van der Waals surface area contributed by atoms with Crippen LogP contribution in [0.25, 0.3) is 10.1 Å². The summed E-state index contributed by atoms with van der Waals surface area (Å²) in [6.45, 7) is 7.03. The van der Waals surface area contributed by atoms with Crippen molar-refractivity contribution in [1.82, 2.24) is 9.80 Å². The summed E-state index contributed by atoms with van der Waals surface area (Å²) in [4.78, 5) is 18.9. The molecule has 2 aliphatic heterocycles. The van der Waals surface area contributed by atoms with Crippen molar-refractivity contribution in [3.05, 3.63) is 42.0 Å². The van der Waals surface area contributed by atoms with Crippen molar-refractivity contribution < 1.29 is 4.79 Å². The van der Waals surface area contributed by atoms with E-state index in [4.69, 9.17) is 0 Å². The van der Waals surface area contributed by atoms with Gasteiger partial charge in [-0.2, -0.15) is 0 Å². The van der Waals surface area contributed by atoms with Gasteiger partial charge in [-0.25, -0.2) is 0 Å². The number of thiophene rings is 1. The molecule has 144 valence electrons. The smallest absolute Gasteiger partial charge is 0.246 e. The number of benzene rings is 1. The molecule has 4 nitrogen and oxygen atoms in total. The maximum Gasteiger partial charge on any atom is 0.246 e. The molecule has 0 N–H and O–H groups in total. The highest BCUT2D eigenvalue weighted by Crippen LogP contribution is 2.43. The summed E-state index contributed by atoms with van der Waals surface area (Å²) in [7, 11) is 4.03. The second-order valence-corrected chi connectivity index (χ2v) is 9.53. The predicted molar refractivity (Wildman–Crippen MR) is 115 cm³/mol. The van der Waals surface area contributed by atoms with Crippen LogP contribution in [0.4, 0.5) is 5.00 Å². The van der Waals surface area contributed by atoms with Crippen LogP contribution in [0.3, 0.4) is 0 Å². The van der Waals surface area contributed by atoms with Gasteiger partial charge >= 0.3 is 0 Å². The van der Waals surface area contributed by atoms with E-state index < -0.39 is 0 Å². The number of carbonyl (C=O) groups excluding carboxylic acids is 1. The Balaban J connectivity index is 1.32. The Bertz CT molecular complexity index is 854. The second kappa shape index (κ2) is 7.28. The summed E-state index contributed by atoms with van der Waals surface area (Å²) in [6.07, 6.45) is 6.07. The van der Waals surface area contributed by atoms with E-state index in [-0.39, 0.29) is 5.91 Å². The Hall–Kier alpha value is -1.85. The van der Waals surface area contributed by atoms with Crippen molar-refractivity contribution >= 4 is 32.3 Å². The van der Waals surface area contributed by atoms with Crippen molar-refractivity contribution in [1.29, 1.82) is 0 Å². The van der Waals surface area contributed by atoms with Crippen molar-refractivity contribution in [2.45, 2.75) is 19.8 Å². The molecule has 0 atom stereocenters. The van der Waals surface area contributed by atoms with Gasteiger partial charge in [0, 0.05) is 48.9 Å². The molecule has 1 aromatic heterocycles. The summed E-state index contributed by atoms with van der Waals surface area (Å²) >= 11 is 1.91. The van der Waals surface area contributed by atoms with Crippen LogP contribution in [-0.2, 0) is 4.79 Å². The van der Waals surface area contributed by atoms with Crippen molar-refractivity contribution in [2.75, 3.05) is 51.7 Å². The fourth-order valence-electron chi connectivity index (χ4n) is 4.19. The minimum Gasteiger partial charge on any atom is -0.363 e. The summed E-state index contributed by atoms with van der Waals surface area (Å²) in [5.41, 5.74) is 1.68. The molecule has 2 aromatic rings. The molecule has 1 amide bonds. The lowest BCUT2D eigenvalue weighted by Crippen LogP contribution is -2.61. The first-order chi connectivity index (χ1) is 12.9. The topological polar surface area (TPSA) is 26.8 Å². The molecule has 27 heavy (non-hydrogen) atoms. The van der Waals surface area contributed by atoms with Gasteiger partial charge in [-0.15, -0.1) is 11.3 Å². The molecule has 3 heterocycles. The van der Waals surface area contributed by atoms with Gasteiger partial charge in [-0.1, -0.05) is 18.2 Å². The quantitative estimate of drug-likeness (QED) is 0.752. The maximum atomic E-state index is 12.3. The molecule has 0 saturated carbocycles. The number of aryl methyl sites for hydroxylation is 1. The Kier molecular flexibility index (Phi) is 4.99. The van der Waals surface area contributed by atoms with E-state index in [2.05, 4.69) is 41.0 Å². The van der Waals surface area contributed by atoms with E-state index in [1.54, 1.807) is 6.08 Å². The summed E-state index contributed by atoms with van der Waals surface area (Å²) < 4.78 is 1.38. The maximum absolute atomic E-state index is 12.3. The fourth-order valence-corrected chi connectivity index (χ4v) is 5.40. The molecule has 2 fully saturated rings. The Morgan fingerprint density at radius 2 is 1.96 bits per heavy atom. The van der Waals surface area contributed by atoms with E-state index in [0.29, 0.717) is 5.41 Å². The van der Waals surface area contributed by atoms with Crippen LogP contribution in [0, 0.1) is 12.3 Å². The average molecular weight is 384 g/mol. The zero-order valence-corrected chi connectivity index (χ0v) is 17.4. The summed E-state index contributed by atoms with van der Waals surface area (Å²) in [5.74, 6) is 0.171. The standard InChI is InChI=1S/C22H29N3OS/c1-17-6-7-18-14-21(27-19(18)13-17)24-11-8-22(9-12-24)15-25(16-22)20(26)5-4-10-23(2)3/h4-7,13-14H,8-12,15-16H2,1-3H3/b5-4+. The van der Waals surface area contributed by atoms with Crippen molar-refractivity contribution in [2.24, 2.45) is 5.41 Å². The molecule has 4 rings (SSSR count). The van der Waals surface area contributed by atoms with Crippen LogP contribution in [0.5, 0.6) is 0 Å². The average Bonchev–Trinajstić information content (AvgIpc) is 3.02. The molecule has 1 aromatic carbocycles. The molecule has 0 aliphatic carbocycles. The number of likely N-dealkylation sites (tertiary alicyclic amines) is 1. The van der Waals surface area contributed by atoms with Gasteiger partial charge in [-0.3, -0.25) is 4.79 Å². The van der Waals surface area contributed by atoms with E-state index in [0.717, 1.165) is 32.7 Å². The minimum atomic E-state index is 0.171. The van der Waals surface area contributed by atoms with Crippen LogP contribution in [0.1, 0.15) is 18.4 Å². The number of nitrogens with zero attached hydrogens (tertiary/aromatic N) is 3. The third-order valence-electron chi connectivity index (χ3n) is 5.89. The van der Waals surface area contributed by atoms with Gasteiger partial charge in [-0.05, 0) is 56.9 Å². The van der Waals surface area contributed by atoms with Gasteiger partial charge in [0.1, 0.15) is 0 Å². The number of amides is 1. The van der Waals surface area contributed by atoms with Crippen LogP contribution in [0.2, 0.25) is 0 Å². The normalized spacial score (nSPS) is 19.4. The number of likely N-dealkylation sites (N-methyl/N-ethyl adjacent to an activating group) is 1. The van der Waals surface area contributed by atoms with Crippen LogP contribution in [0.15, 0.2) is 36.4 Å². The molecule has 2 saturated heterocycles. The van der Waals surface area contributed by atoms with Crippen LogP contribution < -0.4 is 4.90 Å². The number of rotatable bonds is 4. The zero-order chi connectivity index (χ0) is 19.0. The van der Waals surface area contributed by atoms with Crippen LogP contribution >= 0.6 is 11.3 Å². The highest BCUT2D eigenvalue weighted by atomic mass is 32.1. The fraction of sp³-hybridized carbons (Fsp3) is 0.500. The monoisotopic (exact) mass is 383 g/mol. The van der Waals surface area contributed by atoms with Crippen molar-refractivity contribution in [3.8, 4) is 0 Å². The minimum absolute atomic E-state index is 0.171. The molecule has 5 heteroatoms. The largest absolute Gasteiger partial charge is 0.363 e. The van der Waals surface area contributed by atoms with E-state index >= 15 is 0 Å². The highest BCUT2D eigenvalue weighted by Gasteiger charge is 2.46. The second-order valence-electron chi connectivity index (χ2n) is 8.47. The zero-order valence-electron chi connectivity index (χ0n) is 16.6. The first-order valence-corrected chi connectivity index (χ1v) is 10.6. The molecule has 1 spiro atoms. The van der Waals surface area contributed by atoms with E-state index in [1.807, 2.05) is 36.4 Å². The molecule has 2 aliphatic rings. The lowest BCUT2D eigenvalue weighted by molar-refractivity contribution is -0.139. The number of hydrogen-bond acceptors (Lipinski definition) is 4. The van der Waals surface area contributed by atoms with Gasteiger partial charge in [0.05, 0.1) is 5.00 Å². The van der Waals surface area contributed by atoms with Gasteiger partial charge in [0.2, 0.25) is 5.91 Å². The highest BCUT2D eigenvalue weighted by molar-refractivity contribution is 7.22. The predicted octanol–water partition coefficient (Wildman–Crippen LogP) is 3.76. The van der Waals surface area contributed by atoms with Gasteiger partial charge in [0.15, 0.2) is 0 Å². The lowest BCUT2D eigenvalue weighted by Gasteiger charge is -2.54.